The minimum atomic E-state index is -0.372. The number of hydrogen-bond acceptors (Lipinski definition) is 1. The third-order valence-electron chi connectivity index (χ3n) is 3.00. The van der Waals surface area contributed by atoms with Crippen molar-refractivity contribution in [2.45, 2.75) is 19.4 Å². The number of halogens is 2. The van der Waals surface area contributed by atoms with E-state index in [0.29, 0.717) is 6.42 Å². The van der Waals surface area contributed by atoms with Gasteiger partial charge in [-0.25, -0.2) is 0 Å². The molecule has 0 aliphatic heterocycles. The van der Waals surface area contributed by atoms with Crippen molar-refractivity contribution in [3.05, 3.63) is 47.5 Å². The van der Waals surface area contributed by atoms with Crippen LogP contribution in [-0.2, 0) is 0 Å². The zero-order valence-corrected chi connectivity index (χ0v) is 10.6. The molecule has 0 saturated carbocycles. The predicted octanol–water partition coefficient (Wildman–Crippen LogP) is 3.93. The number of nitrogens with two attached hydrogens (primary N) is 1. The molecular formula is C14H17ClFN. The van der Waals surface area contributed by atoms with E-state index in [1.54, 1.807) is 0 Å². The average molecular weight is 254 g/mol. The van der Waals surface area contributed by atoms with E-state index >= 15 is 0 Å². The number of aryl methyl sites for hydroxylation is 1. The summed E-state index contributed by atoms with van der Waals surface area (Å²) in [5.41, 5.74) is 8.25. The van der Waals surface area contributed by atoms with Gasteiger partial charge in [-0.05, 0) is 35.2 Å². The second-order valence-corrected chi connectivity index (χ2v) is 4.10. The maximum absolute atomic E-state index is 12.3. The summed E-state index contributed by atoms with van der Waals surface area (Å²) in [7, 11) is 0. The van der Waals surface area contributed by atoms with E-state index in [2.05, 4.69) is 25.1 Å². The first-order valence-electron chi connectivity index (χ1n) is 5.54. The molecule has 2 N–H and O–H groups in total. The summed E-state index contributed by atoms with van der Waals surface area (Å²) in [6, 6.07) is 12.0. The summed E-state index contributed by atoms with van der Waals surface area (Å²) in [4.78, 5) is 0. The summed E-state index contributed by atoms with van der Waals surface area (Å²) >= 11 is 0. The molecular weight excluding hydrogens is 237 g/mol. The van der Waals surface area contributed by atoms with Crippen molar-refractivity contribution in [1.29, 1.82) is 0 Å². The van der Waals surface area contributed by atoms with Crippen LogP contribution in [0.2, 0.25) is 0 Å². The molecule has 0 saturated heterocycles. The van der Waals surface area contributed by atoms with Crippen LogP contribution < -0.4 is 5.73 Å². The topological polar surface area (TPSA) is 26.0 Å². The zero-order valence-electron chi connectivity index (χ0n) is 9.82. The van der Waals surface area contributed by atoms with Crippen molar-refractivity contribution in [3.63, 3.8) is 0 Å². The fourth-order valence-electron chi connectivity index (χ4n) is 2.07. The molecule has 0 bridgehead atoms. The number of rotatable bonds is 3. The molecule has 17 heavy (non-hydrogen) atoms. The molecule has 1 nitrogen and oxygen atoms in total. The van der Waals surface area contributed by atoms with Gasteiger partial charge in [-0.3, -0.25) is 4.39 Å². The molecule has 0 amide bonds. The fourth-order valence-corrected chi connectivity index (χ4v) is 2.07. The standard InChI is InChI=1S/C14H16FN.ClH/c1-10-6-7-13(14(16)8-9-15)12-5-3-2-4-11(10)12;/h2-7,14H,8-9,16H2,1H3;1H/t14-;/m0./s1. The van der Waals surface area contributed by atoms with E-state index in [4.69, 9.17) is 5.73 Å². The van der Waals surface area contributed by atoms with E-state index in [0.717, 1.165) is 10.9 Å². The highest BCUT2D eigenvalue weighted by atomic mass is 35.5. The molecule has 2 rings (SSSR count). The van der Waals surface area contributed by atoms with Gasteiger partial charge in [0.15, 0.2) is 0 Å². The van der Waals surface area contributed by atoms with Gasteiger partial charge in [0, 0.05) is 6.04 Å². The van der Waals surface area contributed by atoms with Gasteiger partial charge in [0.05, 0.1) is 6.67 Å². The predicted molar refractivity (Wildman–Crippen MR) is 73.5 cm³/mol. The van der Waals surface area contributed by atoms with Gasteiger partial charge in [-0.1, -0.05) is 36.4 Å². The molecule has 0 radical (unpaired) electrons. The van der Waals surface area contributed by atoms with E-state index in [-0.39, 0.29) is 25.1 Å². The van der Waals surface area contributed by atoms with Crippen LogP contribution >= 0.6 is 12.4 Å². The van der Waals surface area contributed by atoms with E-state index < -0.39 is 0 Å². The molecule has 0 heterocycles. The Labute approximate surface area is 107 Å². The van der Waals surface area contributed by atoms with Crippen LogP contribution in [-0.4, -0.2) is 6.67 Å². The van der Waals surface area contributed by atoms with Crippen molar-refractivity contribution in [2.75, 3.05) is 6.67 Å². The maximum atomic E-state index is 12.3. The molecule has 2 aromatic rings. The molecule has 0 aromatic heterocycles. The Morgan fingerprint density at radius 3 is 2.41 bits per heavy atom. The van der Waals surface area contributed by atoms with Gasteiger partial charge in [0.2, 0.25) is 0 Å². The first kappa shape index (κ1) is 13.9. The number of alkyl halides is 1. The quantitative estimate of drug-likeness (QED) is 0.881. The molecule has 0 aliphatic rings. The van der Waals surface area contributed by atoms with Gasteiger partial charge in [-0.2, -0.15) is 0 Å². The lowest BCUT2D eigenvalue weighted by molar-refractivity contribution is 0.443. The SMILES string of the molecule is Cc1ccc([C@@H](N)CCF)c2ccccc12.Cl. The van der Waals surface area contributed by atoms with Gasteiger partial charge >= 0.3 is 0 Å². The Balaban J connectivity index is 0.00000144. The molecule has 92 valence electrons. The van der Waals surface area contributed by atoms with Crippen molar-refractivity contribution in [1.82, 2.24) is 0 Å². The maximum Gasteiger partial charge on any atom is 0.0912 e. The Morgan fingerprint density at radius 1 is 1.12 bits per heavy atom. The summed E-state index contributed by atoms with van der Waals surface area (Å²) in [6.07, 6.45) is 0.382. The van der Waals surface area contributed by atoms with Crippen LogP contribution in [0, 0.1) is 6.92 Å². The molecule has 2 aromatic carbocycles. The van der Waals surface area contributed by atoms with Crippen molar-refractivity contribution in [3.8, 4) is 0 Å². The molecule has 0 spiro atoms. The van der Waals surface area contributed by atoms with E-state index in [1.165, 1.54) is 10.9 Å². The Bertz CT molecular complexity index is 499. The summed E-state index contributed by atoms with van der Waals surface area (Å²) in [5, 5.41) is 2.35. The van der Waals surface area contributed by atoms with Gasteiger partial charge < -0.3 is 5.73 Å². The first-order chi connectivity index (χ1) is 7.74. The molecule has 1 atom stereocenters. The van der Waals surface area contributed by atoms with Crippen LogP contribution in [0.15, 0.2) is 36.4 Å². The monoisotopic (exact) mass is 253 g/mol. The number of hydrogen-bond donors (Lipinski definition) is 1. The lowest BCUT2D eigenvalue weighted by atomic mass is 9.95. The normalized spacial score (nSPS) is 12.2. The van der Waals surface area contributed by atoms with Crippen LogP contribution in [0.25, 0.3) is 10.8 Å². The Kier molecular flexibility index (Phi) is 4.91. The van der Waals surface area contributed by atoms with E-state index in [9.17, 15) is 4.39 Å². The molecule has 0 aliphatic carbocycles. The minimum absolute atomic E-state index is 0. The van der Waals surface area contributed by atoms with Crippen LogP contribution in [0.4, 0.5) is 4.39 Å². The minimum Gasteiger partial charge on any atom is -0.324 e. The molecule has 3 heteroatoms. The Morgan fingerprint density at radius 2 is 1.76 bits per heavy atom. The summed E-state index contributed by atoms with van der Waals surface area (Å²) in [5.74, 6) is 0. The second kappa shape index (κ2) is 5.99. The van der Waals surface area contributed by atoms with E-state index in [1.807, 2.05) is 18.2 Å². The molecule has 0 fully saturated rings. The van der Waals surface area contributed by atoms with Crippen LogP contribution in [0.5, 0.6) is 0 Å². The summed E-state index contributed by atoms with van der Waals surface area (Å²) in [6.45, 7) is 1.70. The summed E-state index contributed by atoms with van der Waals surface area (Å²) < 4.78 is 12.3. The van der Waals surface area contributed by atoms with Crippen molar-refractivity contribution < 1.29 is 4.39 Å². The largest absolute Gasteiger partial charge is 0.324 e. The van der Waals surface area contributed by atoms with Gasteiger partial charge in [0.25, 0.3) is 0 Å². The van der Waals surface area contributed by atoms with Crippen LogP contribution in [0.3, 0.4) is 0 Å². The Hall–Kier alpha value is -1.12. The lowest BCUT2D eigenvalue weighted by Crippen LogP contribution is -2.11. The zero-order chi connectivity index (χ0) is 11.5. The average Bonchev–Trinajstić information content (AvgIpc) is 2.30. The number of benzene rings is 2. The van der Waals surface area contributed by atoms with Gasteiger partial charge in [-0.15, -0.1) is 12.4 Å². The lowest BCUT2D eigenvalue weighted by Gasteiger charge is -2.14. The smallest absolute Gasteiger partial charge is 0.0912 e. The molecule has 0 unspecified atom stereocenters. The van der Waals surface area contributed by atoms with Crippen LogP contribution in [0.1, 0.15) is 23.6 Å². The highest BCUT2D eigenvalue weighted by Gasteiger charge is 2.10. The highest BCUT2D eigenvalue weighted by molar-refractivity contribution is 5.88. The van der Waals surface area contributed by atoms with Gasteiger partial charge in [0.1, 0.15) is 0 Å². The highest BCUT2D eigenvalue weighted by Crippen LogP contribution is 2.27. The number of fused-ring (bicyclic) bond motifs is 1. The first-order valence-corrected chi connectivity index (χ1v) is 5.54. The second-order valence-electron chi connectivity index (χ2n) is 4.10. The van der Waals surface area contributed by atoms with Crippen molar-refractivity contribution >= 4 is 23.2 Å². The fraction of sp³-hybridized carbons (Fsp3) is 0.286. The van der Waals surface area contributed by atoms with Crippen molar-refractivity contribution in [2.24, 2.45) is 5.73 Å². The third kappa shape index (κ3) is 2.76. The third-order valence-corrected chi connectivity index (χ3v) is 3.00.